The molecule has 2 unspecified atom stereocenters. The molecule has 0 heterocycles. The minimum absolute atomic E-state index is 0.648. The Morgan fingerprint density at radius 1 is 1.50 bits per heavy atom. The van der Waals surface area contributed by atoms with Crippen LogP contribution in [0.5, 0.6) is 0 Å². The van der Waals surface area contributed by atoms with Crippen LogP contribution in [0.2, 0.25) is 0 Å². The first-order valence-corrected chi connectivity index (χ1v) is 7.95. The van der Waals surface area contributed by atoms with Gasteiger partial charge >= 0.3 is 0 Å². The molecule has 0 bridgehead atoms. The molecule has 1 N–H and O–H groups in total. The third kappa shape index (κ3) is 7.02. The molecule has 0 radical (unpaired) electrons. The average molecular weight is 239 g/mol. The highest BCUT2D eigenvalue weighted by Crippen LogP contribution is 2.49. The Hall–Kier alpha value is 0.660. The molecule has 0 aliphatic heterocycles. The number of hydrogen-bond acceptors (Lipinski definition) is 4. The van der Waals surface area contributed by atoms with Crippen LogP contribution in [0.15, 0.2) is 0 Å². The predicted molar refractivity (Wildman–Crippen MR) is 65.7 cm³/mol. The summed E-state index contributed by atoms with van der Waals surface area (Å²) in [5.41, 5.74) is 0. The first-order chi connectivity index (χ1) is 6.78. The van der Waals surface area contributed by atoms with E-state index >= 15 is 0 Å². The van der Waals surface area contributed by atoms with E-state index in [2.05, 4.69) is 12.2 Å². The van der Waals surface area contributed by atoms with E-state index < -0.39 is 7.58 Å². The lowest BCUT2D eigenvalue weighted by molar-refractivity contribution is 0.231. The van der Waals surface area contributed by atoms with Crippen molar-refractivity contribution in [3.8, 4) is 0 Å². The van der Waals surface area contributed by atoms with E-state index in [0.29, 0.717) is 5.92 Å². The average Bonchev–Trinajstić information content (AvgIpc) is 2.23. The largest absolute Gasteiger partial charge is 0.329 e. The van der Waals surface area contributed by atoms with E-state index in [0.717, 1.165) is 13.2 Å². The van der Waals surface area contributed by atoms with Crippen LogP contribution in [0.4, 0.5) is 0 Å². The van der Waals surface area contributed by atoms with Gasteiger partial charge in [-0.15, -0.1) is 0 Å². The van der Waals surface area contributed by atoms with Crippen LogP contribution in [0.3, 0.4) is 0 Å². The summed E-state index contributed by atoms with van der Waals surface area (Å²) < 4.78 is 10.9. The molecule has 0 fully saturated rings. The van der Waals surface area contributed by atoms with E-state index in [4.69, 9.17) is 9.05 Å². The summed E-state index contributed by atoms with van der Waals surface area (Å²) >= 11 is 1.65. The lowest BCUT2D eigenvalue weighted by Gasteiger charge is -2.17. The predicted octanol–water partition coefficient (Wildman–Crippen LogP) is 2.88. The highest BCUT2D eigenvalue weighted by Gasteiger charge is 2.11. The highest BCUT2D eigenvalue weighted by atomic mass is 32.7. The van der Waals surface area contributed by atoms with Crippen LogP contribution in [0.25, 0.3) is 0 Å². The molecular formula is C9H22NO2PS. The molecule has 0 aromatic rings. The number of rotatable bonds is 9. The van der Waals surface area contributed by atoms with Crippen LogP contribution < -0.4 is 5.32 Å². The molecule has 0 saturated carbocycles. The summed E-state index contributed by atoms with van der Waals surface area (Å²) in [7, 11) is 2.98. The zero-order chi connectivity index (χ0) is 10.8. The van der Waals surface area contributed by atoms with E-state index in [1.807, 2.05) is 13.3 Å². The molecule has 0 aliphatic rings. The summed E-state index contributed by atoms with van der Waals surface area (Å²) in [6, 6.07) is 0. The fourth-order valence-electron chi connectivity index (χ4n) is 1.10. The molecule has 5 heteroatoms. The third-order valence-corrected chi connectivity index (χ3v) is 4.71. The van der Waals surface area contributed by atoms with E-state index in [1.54, 1.807) is 18.5 Å². The Morgan fingerprint density at radius 2 is 2.21 bits per heavy atom. The summed E-state index contributed by atoms with van der Waals surface area (Å²) in [5.74, 6) is 0.648. The van der Waals surface area contributed by atoms with Gasteiger partial charge in [0, 0.05) is 7.11 Å². The molecule has 0 amide bonds. The quantitative estimate of drug-likeness (QED) is 0.627. The number of nitrogens with one attached hydrogen (secondary N) is 1. The van der Waals surface area contributed by atoms with Crippen molar-refractivity contribution >= 4 is 19.0 Å². The fourth-order valence-corrected chi connectivity index (χ4v) is 2.74. The lowest BCUT2D eigenvalue weighted by Crippen LogP contribution is -2.15. The van der Waals surface area contributed by atoms with E-state index in [1.165, 1.54) is 12.8 Å². The van der Waals surface area contributed by atoms with E-state index in [-0.39, 0.29) is 0 Å². The molecule has 0 saturated heterocycles. The summed E-state index contributed by atoms with van der Waals surface area (Å²) in [4.78, 5) is 0. The van der Waals surface area contributed by atoms with Gasteiger partial charge in [-0.25, -0.2) is 0 Å². The Balaban J connectivity index is 3.59. The molecule has 0 aromatic carbocycles. The molecular weight excluding hydrogens is 217 g/mol. The zero-order valence-electron chi connectivity index (χ0n) is 9.58. The van der Waals surface area contributed by atoms with Crippen LogP contribution in [-0.2, 0) is 9.05 Å². The van der Waals surface area contributed by atoms with Crippen molar-refractivity contribution in [2.24, 2.45) is 5.92 Å². The Bertz CT molecular complexity index is 125. The van der Waals surface area contributed by atoms with Crippen LogP contribution >= 0.6 is 19.0 Å². The minimum atomic E-state index is -0.713. The van der Waals surface area contributed by atoms with Gasteiger partial charge in [-0.2, -0.15) is 0 Å². The van der Waals surface area contributed by atoms with Crippen LogP contribution in [0, 0.1) is 5.92 Å². The van der Waals surface area contributed by atoms with Crippen molar-refractivity contribution in [3.05, 3.63) is 0 Å². The Kier molecular flexibility index (Phi) is 10.7. The van der Waals surface area contributed by atoms with Gasteiger partial charge in [0.05, 0.1) is 6.61 Å². The standard InChI is InChI=1S/C9H22NO2PS/c1-5-9(6-7-10-2)8-12-13(11-3)14-4/h9-10H,5-8H2,1-4H3. The highest BCUT2D eigenvalue weighted by molar-refractivity contribution is 8.52. The Morgan fingerprint density at radius 3 is 2.64 bits per heavy atom. The molecule has 0 spiro atoms. The monoisotopic (exact) mass is 239 g/mol. The van der Waals surface area contributed by atoms with Crippen molar-refractivity contribution in [2.45, 2.75) is 19.8 Å². The third-order valence-electron chi connectivity index (χ3n) is 2.09. The topological polar surface area (TPSA) is 30.5 Å². The van der Waals surface area contributed by atoms with Crippen LogP contribution in [-0.4, -0.2) is 33.6 Å². The second-order valence-corrected chi connectivity index (χ2v) is 6.48. The van der Waals surface area contributed by atoms with Gasteiger partial charge in [0.25, 0.3) is 0 Å². The molecule has 0 aromatic heterocycles. The van der Waals surface area contributed by atoms with Gasteiger partial charge in [-0.1, -0.05) is 24.7 Å². The first-order valence-electron chi connectivity index (χ1n) is 4.94. The maximum Gasteiger partial charge on any atom is 0.237 e. The second kappa shape index (κ2) is 10.2. The zero-order valence-corrected chi connectivity index (χ0v) is 11.3. The SMILES string of the molecule is CCC(CCNC)COP(OC)SC. The van der Waals surface area contributed by atoms with Gasteiger partial charge in [0.15, 0.2) is 0 Å². The van der Waals surface area contributed by atoms with Crippen molar-refractivity contribution in [1.29, 1.82) is 0 Å². The van der Waals surface area contributed by atoms with Gasteiger partial charge in [-0.05, 0) is 32.2 Å². The first kappa shape index (κ1) is 14.7. The summed E-state index contributed by atoms with van der Waals surface area (Å²) in [6.07, 6.45) is 4.36. The molecule has 2 atom stereocenters. The van der Waals surface area contributed by atoms with Gasteiger partial charge in [0.1, 0.15) is 0 Å². The minimum Gasteiger partial charge on any atom is -0.329 e. The van der Waals surface area contributed by atoms with Crippen molar-refractivity contribution < 1.29 is 9.05 Å². The van der Waals surface area contributed by atoms with Crippen molar-refractivity contribution in [2.75, 3.05) is 33.6 Å². The molecule has 86 valence electrons. The molecule has 0 aliphatic carbocycles. The van der Waals surface area contributed by atoms with Crippen molar-refractivity contribution in [3.63, 3.8) is 0 Å². The normalized spacial score (nSPS) is 15.4. The number of hydrogen-bond donors (Lipinski definition) is 1. The van der Waals surface area contributed by atoms with Crippen molar-refractivity contribution in [1.82, 2.24) is 5.32 Å². The molecule has 14 heavy (non-hydrogen) atoms. The second-order valence-electron chi connectivity index (χ2n) is 3.05. The maximum absolute atomic E-state index is 5.67. The Labute approximate surface area is 93.0 Å². The molecule has 3 nitrogen and oxygen atoms in total. The fraction of sp³-hybridized carbons (Fsp3) is 1.00. The smallest absolute Gasteiger partial charge is 0.237 e. The van der Waals surface area contributed by atoms with E-state index in [9.17, 15) is 0 Å². The van der Waals surface area contributed by atoms with Crippen LogP contribution in [0.1, 0.15) is 19.8 Å². The summed E-state index contributed by atoms with van der Waals surface area (Å²) in [5, 5.41) is 3.16. The summed E-state index contributed by atoms with van der Waals surface area (Å²) in [6.45, 7) is 4.09. The molecule has 0 rings (SSSR count). The van der Waals surface area contributed by atoms with Gasteiger partial charge in [-0.3, -0.25) is 0 Å². The lowest BCUT2D eigenvalue weighted by atomic mass is 10.0. The van der Waals surface area contributed by atoms with Gasteiger partial charge < -0.3 is 14.4 Å². The maximum atomic E-state index is 5.67. The van der Waals surface area contributed by atoms with Gasteiger partial charge in [0.2, 0.25) is 7.58 Å².